The molecule has 0 aromatic carbocycles. The zero-order valence-corrected chi connectivity index (χ0v) is 13.4. The summed E-state index contributed by atoms with van der Waals surface area (Å²) in [6.07, 6.45) is 2.56. The Kier molecular flexibility index (Phi) is 6.13. The lowest BCUT2D eigenvalue weighted by molar-refractivity contribution is 0.108. The highest BCUT2D eigenvalue weighted by Crippen LogP contribution is 2.28. The van der Waals surface area contributed by atoms with Crippen LogP contribution in [0.5, 0.6) is 0 Å². The van der Waals surface area contributed by atoms with Crippen LogP contribution < -0.4 is 5.32 Å². The van der Waals surface area contributed by atoms with Gasteiger partial charge in [0.1, 0.15) is 0 Å². The van der Waals surface area contributed by atoms with Crippen LogP contribution in [0.15, 0.2) is 0 Å². The summed E-state index contributed by atoms with van der Waals surface area (Å²) in [6, 6.07) is 0.720. The van der Waals surface area contributed by atoms with E-state index in [-0.39, 0.29) is 0 Å². The molecule has 2 nitrogen and oxygen atoms in total. The minimum atomic E-state index is 0.425. The zero-order chi connectivity index (χ0) is 13.8. The largest absolute Gasteiger partial charge is 0.314 e. The minimum Gasteiger partial charge on any atom is -0.314 e. The molecule has 0 aliphatic carbocycles. The van der Waals surface area contributed by atoms with Crippen molar-refractivity contribution in [3.05, 3.63) is 0 Å². The van der Waals surface area contributed by atoms with Gasteiger partial charge in [-0.3, -0.25) is 0 Å². The molecule has 0 radical (unpaired) electrons. The second kappa shape index (κ2) is 6.91. The van der Waals surface area contributed by atoms with Crippen molar-refractivity contribution in [3.63, 3.8) is 0 Å². The summed E-state index contributed by atoms with van der Waals surface area (Å²) in [6.45, 7) is 19.1. The molecule has 1 fully saturated rings. The first-order chi connectivity index (χ1) is 8.35. The molecular weight excluding hydrogens is 220 g/mol. The van der Waals surface area contributed by atoms with Crippen molar-refractivity contribution in [2.45, 2.75) is 60.4 Å². The minimum absolute atomic E-state index is 0.425. The fraction of sp³-hybridized carbons (Fsp3) is 1.00. The fourth-order valence-corrected chi connectivity index (χ4v) is 2.66. The van der Waals surface area contributed by atoms with E-state index in [4.69, 9.17) is 0 Å². The van der Waals surface area contributed by atoms with E-state index in [9.17, 15) is 0 Å². The first kappa shape index (κ1) is 16.0. The Morgan fingerprint density at radius 2 is 2.00 bits per heavy atom. The van der Waals surface area contributed by atoms with E-state index in [0.717, 1.165) is 17.9 Å². The van der Waals surface area contributed by atoms with Gasteiger partial charge in [0.2, 0.25) is 0 Å². The van der Waals surface area contributed by atoms with E-state index in [0.29, 0.717) is 5.41 Å². The van der Waals surface area contributed by atoms with Gasteiger partial charge in [-0.05, 0) is 43.2 Å². The number of nitrogens with one attached hydrogen (secondary N) is 1. The molecule has 1 N–H and O–H groups in total. The lowest BCUT2D eigenvalue weighted by Gasteiger charge is -2.39. The highest BCUT2D eigenvalue weighted by Gasteiger charge is 2.27. The van der Waals surface area contributed by atoms with Crippen molar-refractivity contribution in [3.8, 4) is 0 Å². The van der Waals surface area contributed by atoms with E-state index in [1.54, 1.807) is 0 Å². The van der Waals surface area contributed by atoms with Crippen LogP contribution in [0, 0.1) is 17.3 Å². The Labute approximate surface area is 115 Å². The lowest BCUT2D eigenvalue weighted by atomic mass is 9.80. The molecule has 2 atom stereocenters. The van der Waals surface area contributed by atoms with Crippen LogP contribution in [0.1, 0.15) is 54.4 Å². The van der Waals surface area contributed by atoms with Crippen LogP contribution in [-0.4, -0.2) is 37.1 Å². The number of hydrogen-bond acceptors (Lipinski definition) is 2. The zero-order valence-electron chi connectivity index (χ0n) is 13.4. The van der Waals surface area contributed by atoms with Crippen molar-refractivity contribution in [1.29, 1.82) is 0 Å². The summed E-state index contributed by atoms with van der Waals surface area (Å²) >= 11 is 0. The molecule has 1 heterocycles. The van der Waals surface area contributed by atoms with Gasteiger partial charge in [-0.1, -0.05) is 41.5 Å². The Balaban J connectivity index is 2.57. The Morgan fingerprint density at radius 1 is 1.33 bits per heavy atom. The predicted molar refractivity (Wildman–Crippen MR) is 80.9 cm³/mol. The molecule has 0 aromatic heterocycles. The second-order valence-electron chi connectivity index (χ2n) is 7.29. The van der Waals surface area contributed by atoms with Gasteiger partial charge in [-0.15, -0.1) is 0 Å². The van der Waals surface area contributed by atoms with Gasteiger partial charge < -0.3 is 10.2 Å². The van der Waals surface area contributed by atoms with E-state index in [2.05, 4.69) is 51.8 Å². The average molecular weight is 254 g/mol. The van der Waals surface area contributed by atoms with Crippen LogP contribution >= 0.6 is 0 Å². The summed E-state index contributed by atoms with van der Waals surface area (Å²) < 4.78 is 0. The highest BCUT2D eigenvalue weighted by molar-refractivity contribution is 4.81. The van der Waals surface area contributed by atoms with Crippen molar-refractivity contribution in [2.75, 3.05) is 26.2 Å². The molecule has 1 aliphatic heterocycles. The molecule has 0 spiro atoms. The lowest BCUT2D eigenvalue weighted by Crippen LogP contribution is -2.46. The molecule has 0 bridgehead atoms. The molecule has 108 valence electrons. The highest BCUT2D eigenvalue weighted by atomic mass is 15.1. The summed E-state index contributed by atoms with van der Waals surface area (Å²) in [5.74, 6) is 1.51. The SMILES string of the molecule is CCC1CCN(CC(C)(C)C(C)C)CC(C)CN1. The maximum atomic E-state index is 3.70. The van der Waals surface area contributed by atoms with Crippen molar-refractivity contribution in [2.24, 2.45) is 17.3 Å². The molecule has 2 heteroatoms. The van der Waals surface area contributed by atoms with Crippen molar-refractivity contribution in [1.82, 2.24) is 10.2 Å². The summed E-state index contributed by atoms with van der Waals surface area (Å²) in [4.78, 5) is 2.70. The molecule has 0 saturated carbocycles. The Morgan fingerprint density at radius 3 is 2.56 bits per heavy atom. The maximum absolute atomic E-state index is 3.70. The van der Waals surface area contributed by atoms with Gasteiger partial charge in [0, 0.05) is 19.1 Å². The quantitative estimate of drug-likeness (QED) is 0.827. The van der Waals surface area contributed by atoms with E-state index in [1.807, 2.05) is 0 Å². The third kappa shape index (κ3) is 4.89. The van der Waals surface area contributed by atoms with Gasteiger partial charge in [-0.2, -0.15) is 0 Å². The van der Waals surface area contributed by atoms with Gasteiger partial charge in [0.25, 0.3) is 0 Å². The average Bonchev–Trinajstić information content (AvgIpc) is 2.25. The van der Waals surface area contributed by atoms with E-state index >= 15 is 0 Å². The topological polar surface area (TPSA) is 15.3 Å². The molecule has 0 aromatic rings. The van der Waals surface area contributed by atoms with Crippen molar-refractivity contribution < 1.29 is 0 Å². The molecule has 2 unspecified atom stereocenters. The number of rotatable bonds is 4. The predicted octanol–water partition coefficient (Wildman–Crippen LogP) is 3.38. The molecule has 18 heavy (non-hydrogen) atoms. The Hall–Kier alpha value is -0.0800. The summed E-state index contributed by atoms with van der Waals surface area (Å²) in [5, 5.41) is 3.70. The van der Waals surface area contributed by atoms with Crippen LogP contribution in [0.4, 0.5) is 0 Å². The second-order valence-corrected chi connectivity index (χ2v) is 7.29. The molecule has 1 rings (SSSR count). The van der Waals surface area contributed by atoms with Gasteiger partial charge in [0.15, 0.2) is 0 Å². The molecule has 1 aliphatic rings. The van der Waals surface area contributed by atoms with E-state index in [1.165, 1.54) is 39.0 Å². The first-order valence-electron chi connectivity index (χ1n) is 7.81. The third-order valence-corrected chi connectivity index (χ3v) is 4.81. The van der Waals surface area contributed by atoms with Crippen LogP contribution in [0.3, 0.4) is 0 Å². The van der Waals surface area contributed by atoms with Crippen molar-refractivity contribution >= 4 is 0 Å². The van der Waals surface area contributed by atoms with Crippen LogP contribution in [0.2, 0.25) is 0 Å². The fourth-order valence-electron chi connectivity index (χ4n) is 2.66. The molecule has 1 saturated heterocycles. The van der Waals surface area contributed by atoms with E-state index < -0.39 is 0 Å². The third-order valence-electron chi connectivity index (χ3n) is 4.81. The maximum Gasteiger partial charge on any atom is 0.00767 e. The smallest absolute Gasteiger partial charge is 0.00767 e. The summed E-state index contributed by atoms with van der Waals surface area (Å²) in [5.41, 5.74) is 0.425. The van der Waals surface area contributed by atoms with Gasteiger partial charge in [-0.25, -0.2) is 0 Å². The first-order valence-corrected chi connectivity index (χ1v) is 7.81. The van der Waals surface area contributed by atoms with Crippen LogP contribution in [-0.2, 0) is 0 Å². The Bertz CT molecular complexity index is 235. The number of hydrogen-bond donors (Lipinski definition) is 1. The normalized spacial score (nSPS) is 28.2. The monoisotopic (exact) mass is 254 g/mol. The summed E-state index contributed by atoms with van der Waals surface area (Å²) in [7, 11) is 0. The standard InChI is InChI=1S/C16H34N2/c1-7-15-8-9-18(11-14(4)10-17-15)12-16(5,6)13(2)3/h13-15,17H,7-12H2,1-6H3. The molecular formula is C16H34N2. The van der Waals surface area contributed by atoms with Gasteiger partial charge in [0.05, 0.1) is 0 Å². The van der Waals surface area contributed by atoms with Crippen LogP contribution in [0.25, 0.3) is 0 Å². The molecule has 0 amide bonds. The number of nitrogens with zero attached hydrogens (tertiary/aromatic N) is 1. The van der Waals surface area contributed by atoms with Gasteiger partial charge >= 0.3 is 0 Å².